The molecule has 0 fully saturated rings. The van der Waals surface area contributed by atoms with Gasteiger partial charge in [-0.1, -0.05) is 89.3 Å². The Bertz CT molecular complexity index is 969. The predicted molar refractivity (Wildman–Crippen MR) is 116 cm³/mol. The van der Waals surface area contributed by atoms with Gasteiger partial charge in [0.15, 0.2) is 0 Å². The zero-order chi connectivity index (χ0) is 18.4. The molecule has 0 aliphatic heterocycles. The van der Waals surface area contributed by atoms with E-state index in [1.165, 1.54) is 0 Å². The van der Waals surface area contributed by atoms with E-state index in [4.69, 9.17) is 4.98 Å². The number of pyridine rings is 1. The highest BCUT2D eigenvalue weighted by atomic mass is 79.9. The number of benzene rings is 2. The maximum atomic E-state index is 4.91. The third kappa shape index (κ3) is 4.27. The van der Waals surface area contributed by atoms with E-state index in [1.807, 2.05) is 49.4 Å². The Hall–Kier alpha value is -2.71. The Morgan fingerprint density at radius 3 is 2.38 bits per heavy atom. The topological polar surface area (TPSA) is 12.9 Å². The maximum Gasteiger partial charge on any atom is 0.0715 e. The van der Waals surface area contributed by atoms with Gasteiger partial charge in [-0.25, -0.2) is 4.98 Å². The molecule has 2 heteroatoms. The third-order valence-corrected chi connectivity index (χ3v) is 4.49. The van der Waals surface area contributed by atoms with Gasteiger partial charge >= 0.3 is 0 Å². The lowest BCUT2D eigenvalue weighted by molar-refractivity contribution is 1.28. The van der Waals surface area contributed by atoms with Crippen molar-refractivity contribution in [3.63, 3.8) is 0 Å². The number of aromatic nitrogens is 1. The summed E-state index contributed by atoms with van der Waals surface area (Å²) in [4.78, 5) is 4.91. The van der Waals surface area contributed by atoms with E-state index in [9.17, 15) is 0 Å². The maximum absolute atomic E-state index is 4.91. The van der Waals surface area contributed by atoms with Gasteiger partial charge in [0, 0.05) is 10.0 Å². The summed E-state index contributed by atoms with van der Waals surface area (Å²) in [5.41, 5.74) is 6.31. The Kier molecular flexibility index (Phi) is 5.98. The molecule has 0 atom stereocenters. The number of hydrogen-bond donors (Lipinski definition) is 0. The van der Waals surface area contributed by atoms with Crippen LogP contribution in [0.5, 0.6) is 0 Å². The quantitative estimate of drug-likeness (QED) is 0.407. The van der Waals surface area contributed by atoms with Crippen LogP contribution < -0.4 is 0 Å². The number of nitrogens with zero attached hydrogens (tertiary/aromatic N) is 1. The molecule has 1 nitrogen and oxygen atoms in total. The first kappa shape index (κ1) is 18.1. The number of hydrogen-bond acceptors (Lipinski definition) is 1. The van der Waals surface area contributed by atoms with E-state index in [0.29, 0.717) is 0 Å². The molecule has 0 spiro atoms. The fourth-order valence-corrected chi connectivity index (χ4v) is 3.20. The first-order chi connectivity index (χ1) is 12.7. The lowest BCUT2D eigenvalue weighted by Crippen LogP contribution is -1.93. The largest absolute Gasteiger partial charge is 0.248 e. The smallest absolute Gasteiger partial charge is 0.0715 e. The molecule has 0 radical (unpaired) electrons. The zero-order valence-electron chi connectivity index (χ0n) is 14.7. The molecule has 0 amide bonds. The number of halogens is 1. The first-order valence-corrected chi connectivity index (χ1v) is 9.30. The second kappa shape index (κ2) is 8.59. The van der Waals surface area contributed by atoms with Crippen LogP contribution in [0.25, 0.3) is 28.0 Å². The Morgan fingerprint density at radius 2 is 1.69 bits per heavy atom. The third-order valence-electron chi connectivity index (χ3n) is 3.99. The number of rotatable bonds is 5. The summed E-state index contributed by atoms with van der Waals surface area (Å²) in [5, 5.41) is 0. The minimum absolute atomic E-state index is 0.930. The van der Waals surface area contributed by atoms with Gasteiger partial charge in [-0.15, -0.1) is 0 Å². The highest BCUT2D eigenvalue weighted by Gasteiger charge is 2.09. The molecular weight excluding hydrogens is 382 g/mol. The number of allylic oxidation sites excluding steroid dienone is 5. The molecule has 0 bridgehead atoms. The van der Waals surface area contributed by atoms with Gasteiger partial charge in [0.25, 0.3) is 0 Å². The summed E-state index contributed by atoms with van der Waals surface area (Å²) in [6.07, 6.45) is 7.86. The van der Waals surface area contributed by atoms with Crippen LogP contribution in [0.4, 0.5) is 0 Å². The molecule has 0 N–H and O–H groups in total. The average molecular weight is 402 g/mol. The minimum atomic E-state index is 0.930. The van der Waals surface area contributed by atoms with Crippen molar-refractivity contribution in [2.24, 2.45) is 0 Å². The lowest BCUT2D eigenvalue weighted by Gasteiger charge is -2.11. The van der Waals surface area contributed by atoms with Crippen LogP contribution in [-0.2, 0) is 0 Å². The van der Waals surface area contributed by atoms with Gasteiger partial charge in [-0.2, -0.15) is 0 Å². The van der Waals surface area contributed by atoms with E-state index in [0.717, 1.165) is 38.1 Å². The van der Waals surface area contributed by atoms with Gasteiger partial charge in [-0.05, 0) is 47.9 Å². The molecule has 128 valence electrons. The normalized spacial score (nSPS) is 11.7. The molecule has 0 saturated heterocycles. The second-order valence-corrected chi connectivity index (χ2v) is 6.78. The average Bonchev–Trinajstić information content (AvgIpc) is 2.68. The van der Waals surface area contributed by atoms with Gasteiger partial charge in [0.05, 0.1) is 11.4 Å². The fourth-order valence-electron chi connectivity index (χ4n) is 2.80. The summed E-state index contributed by atoms with van der Waals surface area (Å²) >= 11 is 3.57. The molecule has 2 aromatic carbocycles. The van der Waals surface area contributed by atoms with Crippen LogP contribution in [0.15, 0.2) is 102 Å². The second-order valence-electron chi connectivity index (χ2n) is 5.86. The van der Waals surface area contributed by atoms with E-state index < -0.39 is 0 Å². The molecule has 0 unspecified atom stereocenters. The van der Waals surface area contributed by atoms with Crippen molar-refractivity contribution in [1.29, 1.82) is 0 Å². The highest BCUT2D eigenvalue weighted by molar-refractivity contribution is 9.10. The SMILES string of the molecule is C=C/C=C(\C=C/C)c1cc(-c2cccc(Br)c2)cc(-c2ccccc2)n1. The highest BCUT2D eigenvalue weighted by Crippen LogP contribution is 2.30. The molecule has 1 aromatic heterocycles. The van der Waals surface area contributed by atoms with Crippen molar-refractivity contribution in [1.82, 2.24) is 4.98 Å². The standard InChI is InChI=1S/C24H20BrN/c1-3-9-18(10-4-2)23-16-21(20-13-8-14-22(25)15-20)17-24(26-23)19-11-6-5-7-12-19/h3-17H,1H2,2H3/b10-4-,18-9+. The van der Waals surface area contributed by atoms with Crippen molar-refractivity contribution < 1.29 is 0 Å². The molecule has 0 saturated carbocycles. The molecular formula is C24H20BrN. The summed E-state index contributed by atoms with van der Waals surface area (Å²) < 4.78 is 1.06. The fraction of sp³-hybridized carbons (Fsp3) is 0.0417. The van der Waals surface area contributed by atoms with E-state index in [2.05, 4.69) is 65.0 Å². The molecule has 1 heterocycles. The van der Waals surface area contributed by atoms with Crippen LogP contribution in [0, 0.1) is 0 Å². The van der Waals surface area contributed by atoms with Gasteiger partial charge in [0.1, 0.15) is 0 Å². The first-order valence-electron chi connectivity index (χ1n) is 8.50. The monoisotopic (exact) mass is 401 g/mol. The summed E-state index contributed by atoms with van der Waals surface area (Å²) in [6, 6.07) is 22.9. The van der Waals surface area contributed by atoms with Crippen molar-refractivity contribution >= 4 is 21.5 Å². The van der Waals surface area contributed by atoms with Crippen LogP contribution in [0.1, 0.15) is 12.6 Å². The Balaban J connectivity index is 2.23. The molecule has 0 aliphatic carbocycles. The molecule has 0 aliphatic rings. The molecule has 26 heavy (non-hydrogen) atoms. The lowest BCUT2D eigenvalue weighted by atomic mass is 9.99. The van der Waals surface area contributed by atoms with Crippen LogP contribution in [0.3, 0.4) is 0 Å². The van der Waals surface area contributed by atoms with Gasteiger partial charge in [0.2, 0.25) is 0 Å². The van der Waals surface area contributed by atoms with Crippen LogP contribution in [-0.4, -0.2) is 4.98 Å². The van der Waals surface area contributed by atoms with E-state index in [-0.39, 0.29) is 0 Å². The van der Waals surface area contributed by atoms with Crippen molar-refractivity contribution in [3.8, 4) is 22.4 Å². The molecule has 3 rings (SSSR count). The van der Waals surface area contributed by atoms with Gasteiger partial charge in [-0.3, -0.25) is 0 Å². The summed E-state index contributed by atoms with van der Waals surface area (Å²) in [6.45, 7) is 5.84. The van der Waals surface area contributed by atoms with Crippen molar-refractivity contribution in [2.45, 2.75) is 6.92 Å². The van der Waals surface area contributed by atoms with Crippen molar-refractivity contribution in [2.75, 3.05) is 0 Å². The predicted octanol–water partition coefficient (Wildman–Crippen LogP) is 7.32. The zero-order valence-corrected chi connectivity index (χ0v) is 16.3. The van der Waals surface area contributed by atoms with E-state index >= 15 is 0 Å². The minimum Gasteiger partial charge on any atom is -0.248 e. The van der Waals surface area contributed by atoms with Crippen LogP contribution in [0.2, 0.25) is 0 Å². The Morgan fingerprint density at radius 1 is 0.923 bits per heavy atom. The van der Waals surface area contributed by atoms with Crippen LogP contribution >= 0.6 is 15.9 Å². The van der Waals surface area contributed by atoms with Crippen molar-refractivity contribution in [3.05, 3.63) is 108 Å². The van der Waals surface area contributed by atoms with Gasteiger partial charge < -0.3 is 0 Å². The summed E-state index contributed by atoms with van der Waals surface area (Å²) in [7, 11) is 0. The van der Waals surface area contributed by atoms with E-state index in [1.54, 1.807) is 6.08 Å². The Labute approximate surface area is 163 Å². The summed E-state index contributed by atoms with van der Waals surface area (Å²) in [5.74, 6) is 0. The molecule has 3 aromatic rings.